The predicted molar refractivity (Wildman–Crippen MR) is 106 cm³/mol. The van der Waals surface area contributed by atoms with E-state index in [2.05, 4.69) is 5.32 Å². The molecule has 0 bridgehead atoms. The van der Waals surface area contributed by atoms with Crippen molar-refractivity contribution in [2.75, 3.05) is 11.9 Å². The number of amides is 1. The quantitative estimate of drug-likeness (QED) is 0.686. The zero-order valence-corrected chi connectivity index (χ0v) is 15.6. The van der Waals surface area contributed by atoms with E-state index in [9.17, 15) is 9.90 Å². The molecule has 1 heterocycles. The summed E-state index contributed by atoms with van der Waals surface area (Å²) in [6.45, 7) is 2.51. The summed E-state index contributed by atoms with van der Waals surface area (Å²) in [5.74, 6) is 1.35. The minimum atomic E-state index is -0.541. The molecule has 27 heavy (non-hydrogen) atoms. The number of hydrogen-bond donors (Lipinski definition) is 2. The molecule has 0 aliphatic heterocycles. The van der Waals surface area contributed by atoms with Crippen LogP contribution in [0.2, 0.25) is 0 Å². The summed E-state index contributed by atoms with van der Waals surface area (Å²) in [4.78, 5) is 12.5. The number of rotatable bonds is 6. The van der Waals surface area contributed by atoms with Gasteiger partial charge in [0.1, 0.15) is 5.75 Å². The standard InChI is InChI=1S/C22H24N2O3/c1-14(25)21-12-17-11-18(7-10-20(17)24(21)2)23-22(26)16-5-8-19(9-6-16)27-13-15-3-4-15/h5-12,14-15,25H,3-4,13H2,1-2H3,(H,23,26). The van der Waals surface area contributed by atoms with Crippen molar-refractivity contribution in [1.82, 2.24) is 4.57 Å². The molecule has 1 unspecified atom stereocenters. The fourth-order valence-electron chi connectivity index (χ4n) is 3.25. The molecular weight excluding hydrogens is 340 g/mol. The van der Waals surface area contributed by atoms with E-state index in [1.807, 2.05) is 48.0 Å². The summed E-state index contributed by atoms with van der Waals surface area (Å²) in [5.41, 5.74) is 3.17. The Hall–Kier alpha value is -2.79. The molecular formula is C22H24N2O3. The van der Waals surface area contributed by atoms with Gasteiger partial charge in [-0.3, -0.25) is 4.79 Å². The van der Waals surface area contributed by atoms with Crippen LogP contribution in [0, 0.1) is 5.92 Å². The Kier molecular flexibility index (Phi) is 4.62. The number of aryl methyl sites for hydroxylation is 1. The van der Waals surface area contributed by atoms with Gasteiger partial charge in [-0.2, -0.15) is 0 Å². The average molecular weight is 364 g/mol. The lowest BCUT2D eigenvalue weighted by molar-refractivity contribution is 0.102. The van der Waals surface area contributed by atoms with Gasteiger partial charge in [-0.1, -0.05) is 0 Å². The van der Waals surface area contributed by atoms with Crippen LogP contribution < -0.4 is 10.1 Å². The Morgan fingerprint density at radius 2 is 1.96 bits per heavy atom. The Balaban J connectivity index is 1.46. The summed E-state index contributed by atoms with van der Waals surface area (Å²) in [6, 6.07) is 14.9. The van der Waals surface area contributed by atoms with Gasteiger partial charge < -0.3 is 19.7 Å². The molecule has 1 aromatic heterocycles. The molecule has 4 rings (SSSR count). The third-order valence-electron chi connectivity index (χ3n) is 5.06. The minimum Gasteiger partial charge on any atom is -0.493 e. The lowest BCUT2D eigenvalue weighted by Crippen LogP contribution is -2.11. The molecule has 140 valence electrons. The van der Waals surface area contributed by atoms with Crippen LogP contribution in [0.25, 0.3) is 10.9 Å². The van der Waals surface area contributed by atoms with Crippen LogP contribution in [0.5, 0.6) is 5.75 Å². The van der Waals surface area contributed by atoms with Crippen molar-refractivity contribution in [2.45, 2.75) is 25.9 Å². The van der Waals surface area contributed by atoms with Crippen LogP contribution in [-0.2, 0) is 7.05 Å². The van der Waals surface area contributed by atoms with Gasteiger partial charge in [0.15, 0.2) is 0 Å². The number of ether oxygens (including phenoxy) is 1. The third-order valence-corrected chi connectivity index (χ3v) is 5.06. The highest BCUT2D eigenvalue weighted by Crippen LogP contribution is 2.30. The fraction of sp³-hybridized carbons (Fsp3) is 0.318. The van der Waals surface area contributed by atoms with Gasteiger partial charge in [-0.15, -0.1) is 0 Å². The molecule has 5 nitrogen and oxygen atoms in total. The van der Waals surface area contributed by atoms with Gasteiger partial charge in [0.05, 0.1) is 12.7 Å². The van der Waals surface area contributed by atoms with Crippen molar-refractivity contribution in [3.05, 3.63) is 59.8 Å². The third kappa shape index (κ3) is 3.83. The largest absolute Gasteiger partial charge is 0.493 e. The summed E-state index contributed by atoms with van der Waals surface area (Å²) in [6.07, 6.45) is 1.97. The first-order valence-corrected chi connectivity index (χ1v) is 9.33. The van der Waals surface area contributed by atoms with Gasteiger partial charge in [-0.05, 0) is 74.2 Å². The van der Waals surface area contributed by atoms with Crippen molar-refractivity contribution in [3.8, 4) is 5.75 Å². The summed E-state index contributed by atoms with van der Waals surface area (Å²) in [7, 11) is 1.93. The number of carbonyl (C=O) groups is 1. The lowest BCUT2D eigenvalue weighted by atomic mass is 10.2. The number of nitrogens with zero attached hydrogens (tertiary/aromatic N) is 1. The number of benzene rings is 2. The van der Waals surface area contributed by atoms with Gasteiger partial charge >= 0.3 is 0 Å². The Bertz CT molecular complexity index is 969. The highest BCUT2D eigenvalue weighted by molar-refractivity contribution is 6.05. The minimum absolute atomic E-state index is 0.158. The smallest absolute Gasteiger partial charge is 0.255 e. The van der Waals surface area contributed by atoms with E-state index in [0.717, 1.165) is 34.6 Å². The van der Waals surface area contributed by atoms with Crippen molar-refractivity contribution >= 4 is 22.5 Å². The number of anilines is 1. The molecule has 1 atom stereocenters. The first kappa shape index (κ1) is 17.6. The molecule has 3 aromatic rings. The molecule has 5 heteroatoms. The van der Waals surface area contributed by atoms with E-state index in [0.29, 0.717) is 11.5 Å². The van der Waals surface area contributed by atoms with Gasteiger partial charge in [0.2, 0.25) is 0 Å². The highest BCUT2D eigenvalue weighted by Gasteiger charge is 2.21. The zero-order valence-electron chi connectivity index (χ0n) is 15.6. The van der Waals surface area contributed by atoms with Crippen molar-refractivity contribution in [1.29, 1.82) is 0 Å². The molecule has 0 radical (unpaired) electrons. The first-order chi connectivity index (χ1) is 13.0. The number of aliphatic hydroxyl groups is 1. The Labute approximate surface area is 158 Å². The predicted octanol–water partition coefficient (Wildman–Crippen LogP) is 4.27. The first-order valence-electron chi connectivity index (χ1n) is 9.33. The van der Waals surface area contributed by atoms with Gasteiger partial charge in [-0.25, -0.2) is 0 Å². The van der Waals surface area contributed by atoms with E-state index >= 15 is 0 Å². The van der Waals surface area contributed by atoms with E-state index in [4.69, 9.17) is 4.74 Å². The SMILES string of the molecule is CC(O)c1cc2cc(NC(=O)c3ccc(OCC4CC4)cc3)ccc2n1C. The number of carbonyl (C=O) groups excluding carboxylic acids is 1. The van der Waals surface area contributed by atoms with Crippen molar-refractivity contribution < 1.29 is 14.6 Å². The van der Waals surface area contributed by atoms with E-state index in [1.165, 1.54) is 12.8 Å². The fourth-order valence-corrected chi connectivity index (χ4v) is 3.25. The van der Waals surface area contributed by atoms with Crippen LogP contribution in [0.3, 0.4) is 0 Å². The maximum absolute atomic E-state index is 12.5. The second kappa shape index (κ2) is 7.08. The lowest BCUT2D eigenvalue weighted by Gasteiger charge is -2.08. The molecule has 0 spiro atoms. The topological polar surface area (TPSA) is 63.5 Å². The van der Waals surface area contributed by atoms with E-state index < -0.39 is 6.10 Å². The second-order valence-electron chi connectivity index (χ2n) is 7.31. The zero-order chi connectivity index (χ0) is 19.0. The van der Waals surface area contributed by atoms with Crippen LogP contribution >= 0.6 is 0 Å². The molecule has 1 saturated carbocycles. The summed E-state index contributed by atoms with van der Waals surface area (Å²) in [5, 5.41) is 13.8. The monoisotopic (exact) mass is 364 g/mol. The highest BCUT2D eigenvalue weighted by atomic mass is 16.5. The maximum atomic E-state index is 12.5. The number of hydrogen-bond acceptors (Lipinski definition) is 3. The van der Waals surface area contributed by atoms with Gasteiger partial charge in [0.25, 0.3) is 5.91 Å². The van der Waals surface area contributed by atoms with E-state index in [-0.39, 0.29) is 5.91 Å². The van der Waals surface area contributed by atoms with Crippen LogP contribution in [0.4, 0.5) is 5.69 Å². The molecule has 1 amide bonds. The second-order valence-corrected chi connectivity index (χ2v) is 7.31. The molecule has 1 fully saturated rings. The maximum Gasteiger partial charge on any atom is 0.255 e. The van der Waals surface area contributed by atoms with Crippen LogP contribution in [0.15, 0.2) is 48.5 Å². The van der Waals surface area contributed by atoms with Gasteiger partial charge in [0, 0.05) is 34.9 Å². The van der Waals surface area contributed by atoms with Crippen LogP contribution in [-0.4, -0.2) is 22.2 Å². The Morgan fingerprint density at radius 1 is 1.22 bits per heavy atom. The summed E-state index contributed by atoms with van der Waals surface area (Å²) < 4.78 is 7.67. The normalized spacial score (nSPS) is 14.9. The molecule has 2 aromatic carbocycles. The number of aromatic nitrogens is 1. The van der Waals surface area contributed by atoms with Crippen LogP contribution in [0.1, 0.15) is 41.9 Å². The summed E-state index contributed by atoms with van der Waals surface area (Å²) >= 11 is 0. The molecule has 0 saturated heterocycles. The molecule has 1 aliphatic carbocycles. The molecule has 1 aliphatic rings. The number of aliphatic hydroxyl groups excluding tert-OH is 1. The average Bonchev–Trinajstić information content (AvgIpc) is 3.43. The van der Waals surface area contributed by atoms with E-state index in [1.54, 1.807) is 19.1 Å². The number of fused-ring (bicyclic) bond motifs is 1. The van der Waals surface area contributed by atoms with Crippen molar-refractivity contribution in [2.24, 2.45) is 13.0 Å². The number of nitrogens with one attached hydrogen (secondary N) is 1. The van der Waals surface area contributed by atoms with Crippen molar-refractivity contribution in [3.63, 3.8) is 0 Å². The Morgan fingerprint density at radius 3 is 2.63 bits per heavy atom. The molecule has 2 N–H and O–H groups in total.